The van der Waals surface area contributed by atoms with Crippen molar-refractivity contribution in [2.75, 3.05) is 0 Å². The maximum Gasteiger partial charge on any atom is 0.303 e. The molecule has 5 nitrogen and oxygen atoms in total. The molecule has 3 N–H and O–H groups in total. The molecule has 0 amide bonds. The summed E-state index contributed by atoms with van der Waals surface area (Å²) in [6.07, 6.45) is 4.91. The van der Waals surface area contributed by atoms with Gasteiger partial charge in [-0.3, -0.25) is 4.79 Å². The van der Waals surface area contributed by atoms with E-state index in [0.29, 0.717) is 0 Å². The summed E-state index contributed by atoms with van der Waals surface area (Å²) in [5.74, 6) is -0.162. The lowest BCUT2D eigenvalue weighted by molar-refractivity contribution is -0.147. The largest absolute Gasteiger partial charge is 0.460 e. The summed E-state index contributed by atoms with van der Waals surface area (Å²) in [7, 11) is 0. The Hall–Kier alpha value is -0.650. The maximum atomic E-state index is 10.3. The summed E-state index contributed by atoms with van der Waals surface area (Å²) in [4.78, 5) is 10.3. The highest BCUT2D eigenvalue weighted by Gasteiger charge is 2.40. The van der Waals surface area contributed by atoms with Crippen molar-refractivity contribution in [2.24, 2.45) is 0 Å². The molecule has 0 saturated heterocycles. The molecule has 5 heteroatoms. The summed E-state index contributed by atoms with van der Waals surface area (Å²) < 4.78 is 4.91. The van der Waals surface area contributed by atoms with Crippen molar-refractivity contribution in [1.29, 1.82) is 0 Å². The third kappa shape index (κ3) is 29.4. The van der Waals surface area contributed by atoms with Crippen LogP contribution in [0.4, 0.5) is 0 Å². The first-order valence-electron chi connectivity index (χ1n) is 8.76. The molecule has 2 saturated carbocycles. The van der Waals surface area contributed by atoms with Gasteiger partial charge in [-0.05, 0) is 80.6 Å². The molecule has 2 rings (SSSR count). The Kier molecular flexibility index (Phi) is 10.4. The standard InChI is InChI=1S/C6H10O2.C5H12O.C4H8O.C4H10O/c1-5(7)8-6(2)3-4-6;1-4-5(2,3)6;1-4(5)2-3-4;1-4(2,3)5/h3-4H2,1-2H3;6H,4H2,1-3H3;5H,2-3H2,1H3;5H,1-3H3. The number of ether oxygens (including phenoxy) is 1. The lowest BCUT2D eigenvalue weighted by Crippen LogP contribution is -2.15. The number of esters is 1. The molecule has 0 aromatic heterocycles. The second-order valence-electron chi connectivity index (χ2n) is 8.88. The van der Waals surface area contributed by atoms with Gasteiger partial charge in [0.1, 0.15) is 5.60 Å². The Bertz CT molecular complexity index is 341. The number of hydrogen-bond donors (Lipinski definition) is 3. The number of aliphatic hydroxyl groups is 3. The first-order valence-corrected chi connectivity index (χ1v) is 8.76. The highest BCUT2D eigenvalue weighted by atomic mass is 16.6. The molecule has 0 atom stereocenters. The van der Waals surface area contributed by atoms with Crippen LogP contribution < -0.4 is 0 Å². The highest BCUT2D eigenvalue weighted by molar-refractivity contribution is 5.66. The Morgan fingerprint density at radius 1 is 1.00 bits per heavy atom. The summed E-state index contributed by atoms with van der Waals surface area (Å²) in [6.45, 7) is 16.0. The van der Waals surface area contributed by atoms with Crippen molar-refractivity contribution in [3.8, 4) is 0 Å². The molecule has 2 fully saturated rings. The second-order valence-corrected chi connectivity index (χ2v) is 8.88. The van der Waals surface area contributed by atoms with Gasteiger partial charge in [-0.1, -0.05) is 6.92 Å². The molecule has 24 heavy (non-hydrogen) atoms. The van der Waals surface area contributed by atoms with E-state index in [0.717, 1.165) is 32.1 Å². The van der Waals surface area contributed by atoms with Crippen molar-refractivity contribution in [1.82, 2.24) is 0 Å². The van der Waals surface area contributed by atoms with Crippen LogP contribution >= 0.6 is 0 Å². The lowest BCUT2D eigenvalue weighted by Gasteiger charge is -2.11. The van der Waals surface area contributed by atoms with E-state index in [-0.39, 0.29) is 17.2 Å². The average molecular weight is 349 g/mol. The van der Waals surface area contributed by atoms with Crippen LogP contribution in [0.15, 0.2) is 0 Å². The van der Waals surface area contributed by atoms with Crippen LogP contribution in [0.2, 0.25) is 0 Å². The van der Waals surface area contributed by atoms with Gasteiger partial charge in [0.2, 0.25) is 0 Å². The lowest BCUT2D eigenvalue weighted by atomic mass is 10.1. The molecule has 146 valence electrons. The Morgan fingerprint density at radius 2 is 1.25 bits per heavy atom. The van der Waals surface area contributed by atoms with Gasteiger partial charge in [0, 0.05) is 6.92 Å². The fourth-order valence-corrected chi connectivity index (χ4v) is 0.806. The van der Waals surface area contributed by atoms with Crippen molar-refractivity contribution in [3.05, 3.63) is 0 Å². The summed E-state index contributed by atoms with van der Waals surface area (Å²) >= 11 is 0. The molecule has 0 aromatic carbocycles. The molecular formula is C19H40O5. The van der Waals surface area contributed by atoms with Gasteiger partial charge in [0.05, 0.1) is 16.8 Å². The third-order valence-corrected chi connectivity index (χ3v) is 3.18. The molecule has 0 bridgehead atoms. The van der Waals surface area contributed by atoms with Crippen LogP contribution in [0, 0.1) is 0 Å². The predicted octanol–water partition coefficient (Wildman–Crippen LogP) is 3.58. The van der Waals surface area contributed by atoms with E-state index in [1.807, 2.05) is 20.8 Å². The van der Waals surface area contributed by atoms with Crippen LogP contribution in [0.1, 0.15) is 94.4 Å². The predicted molar refractivity (Wildman–Crippen MR) is 97.8 cm³/mol. The van der Waals surface area contributed by atoms with Crippen molar-refractivity contribution >= 4 is 5.97 Å². The molecule has 0 aliphatic heterocycles. The van der Waals surface area contributed by atoms with Crippen LogP contribution in [0.5, 0.6) is 0 Å². The van der Waals surface area contributed by atoms with Gasteiger partial charge in [-0.2, -0.15) is 0 Å². The minimum Gasteiger partial charge on any atom is -0.460 e. The van der Waals surface area contributed by atoms with Crippen molar-refractivity contribution in [2.45, 2.75) is 117 Å². The Labute approximate surface area is 148 Å². The molecule has 0 unspecified atom stereocenters. The number of rotatable bonds is 2. The van der Waals surface area contributed by atoms with Crippen molar-refractivity contribution < 1.29 is 24.9 Å². The van der Waals surface area contributed by atoms with Crippen LogP contribution in [0.3, 0.4) is 0 Å². The zero-order valence-electron chi connectivity index (χ0n) is 17.2. The van der Waals surface area contributed by atoms with E-state index < -0.39 is 11.2 Å². The van der Waals surface area contributed by atoms with E-state index in [4.69, 9.17) is 20.1 Å². The molecule has 0 heterocycles. The first-order chi connectivity index (χ1) is 10.4. The van der Waals surface area contributed by atoms with E-state index in [9.17, 15) is 4.79 Å². The minimum atomic E-state index is -0.500. The number of hydrogen-bond acceptors (Lipinski definition) is 5. The van der Waals surface area contributed by atoms with Gasteiger partial charge < -0.3 is 20.1 Å². The Morgan fingerprint density at radius 3 is 1.29 bits per heavy atom. The van der Waals surface area contributed by atoms with Gasteiger partial charge in [0.15, 0.2) is 0 Å². The zero-order chi connectivity index (χ0) is 19.8. The molecule has 0 aromatic rings. The normalized spacial score (nSPS) is 19.2. The van der Waals surface area contributed by atoms with Crippen LogP contribution in [-0.2, 0) is 9.53 Å². The van der Waals surface area contributed by atoms with Crippen LogP contribution in [-0.4, -0.2) is 43.7 Å². The van der Waals surface area contributed by atoms with E-state index in [2.05, 4.69) is 0 Å². The van der Waals surface area contributed by atoms with Gasteiger partial charge in [-0.25, -0.2) is 0 Å². The fourth-order valence-electron chi connectivity index (χ4n) is 0.806. The molecule has 0 spiro atoms. The number of carbonyl (C=O) groups excluding carboxylic acids is 1. The molecular weight excluding hydrogens is 308 g/mol. The Balaban J connectivity index is 0. The third-order valence-electron chi connectivity index (χ3n) is 3.18. The SMILES string of the molecule is CC(=O)OC1(C)CC1.CC(C)(C)O.CC1(O)CC1.CCC(C)(C)O. The quantitative estimate of drug-likeness (QED) is 0.664. The van der Waals surface area contributed by atoms with Gasteiger partial charge in [0.25, 0.3) is 0 Å². The summed E-state index contributed by atoms with van der Waals surface area (Å²) in [5, 5.41) is 26.0. The summed E-state index contributed by atoms with van der Waals surface area (Å²) in [6, 6.07) is 0. The smallest absolute Gasteiger partial charge is 0.303 e. The first kappa shape index (κ1) is 25.6. The summed E-state index contributed by atoms with van der Waals surface area (Å²) in [5.41, 5.74) is -1.29. The molecule has 2 aliphatic carbocycles. The minimum absolute atomic E-state index is 0.0775. The van der Waals surface area contributed by atoms with Gasteiger partial charge >= 0.3 is 5.97 Å². The van der Waals surface area contributed by atoms with E-state index in [1.54, 1.807) is 34.6 Å². The topological polar surface area (TPSA) is 87.0 Å². The van der Waals surface area contributed by atoms with Gasteiger partial charge in [-0.15, -0.1) is 0 Å². The average Bonchev–Trinajstić information content (AvgIpc) is 3.18. The number of carbonyl (C=O) groups is 1. The molecule has 0 radical (unpaired) electrons. The van der Waals surface area contributed by atoms with Crippen LogP contribution in [0.25, 0.3) is 0 Å². The second kappa shape index (κ2) is 9.73. The molecule has 2 aliphatic rings. The zero-order valence-corrected chi connectivity index (χ0v) is 17.2. The monoisotopic (exact) mass is 348 g/mol. The van der Waals surface area contributed by atoms with E-state index in [1.165, 1.54) is 6.92 Å². The maximum absolute atomic E-state index is 10.3. The fraction of sp³-hybridized carbons (Fsp3) is 0.947. The van der Waals surface area contributed by atoms with E-state index >= 15 is 0 Å². The van der Waals surface area contributed by atoms with Crippen molar-refractivity contribution in [3.63, 3.8) is 0 Å². The highest BCUT2D eigenvalue weighted by Crippen LogP contribution is 2.38.